The van der Waals surface area contributed by atoms with Crippen molar-refractivity contribution in [2.45, 2.75) is 92.0 Å². The molecule has 0 spiro atoms. The quantitative estimate of drug-likeness (QED) is 0.699. The van der Waals surface area contributed by atoms with Crippen molar-refractivity contribution in [1.82, 2.24) is 9.80 Å². The molecule has 140 valence electrons. The van der Waals surface area contributed by atoms with Gasteiger partial charge in [-0.3, -0.25) is 4.90 Å². The Bertz CT molecular complexity index is 413. The lowest BCUT2D eigenvalue weighted by atomic mass is 9.47. The highest BCUT2D eigenvalue weighted by Gasteiger charge is 2.53. The highest BCUT2D eigenvalue weighted by atomic mass is 15.3. The molecule has 1 saturated heterocycles. The van der Waals surface area contributed by atoms with Crippen LogP contribution >= 0.6 is 0 Å². The normalized spacial score (nSPS) is 36.2. The van der Waals surface area contributed by atoms with Gasteiger partial charge in [0.1, 0.15) is 0 Å². The zero-order valence-corrected chi connectivity index (χ0v) is 17.4. The first-order valence-electron chi connectivity index (χ1n) is 10.6. The van der Waals surface area contributed by atoms with E-state index in [2.05, 4.69) is 51.3 Å². The van der Waals surface area contributed by atoms with Gasteiger partial charge in [0.15, 0.2) is 0 Å². The molecule has 2 nitrogen and oxygen atoms in total. The maximum Gasteiger partial charge on any atom is 0.0151 e. The van der Waals surface area contributed by atoms with Crippen molar-refractivity contribution in [3.63, 3.8) is 0 Å². The van der Waals surface area contributed by atoms with Gasteiger partial charge in [-0.1, -0.05) is 27.7 Å². The van der Waals surface area contributed by atoms with E-state index in [-0.39, 0.29) is 0 Å². The van der Waals surface area contributed by atoms with E-state index in [1.54, 1.807) is 0 Å². The molecular weight excluding hydrogens is 292 g/mol. The van der Waals surface area contributed by atoms with E-state index in [0.29, 0.717) is 21.8 Å². The number of piperazine rings is 1. The maximum atomic E-state index is 2.80. The van der Waals surface area contributed by atoms with Gasteiger partial charge in [-0.05, 0) is 75.0 Å². The summed E-state index contributed by atoms with van der Waals surface area (Å²) in [6, 6.07) is 0. The van der Waals surface area contributed by atoms with E-state index in [1.807, 2.05) is 0 Å². The molecule has 0 N–H and O–H groups in total. The van der Waals surface area contributed by atoms with Gasteiger partial charge in [0.05, 0.1) is 0 Å². The second-order valence-corrected chi connectivity index (χ2v) is 11.0. The Labute approximate surface area is 151 Å². The fraction of sp³-hybridized carbons (Fsp3) is 1.00. The zero-order valence-electron chi connectivity index (χ0n) is 17.4. The van der Waals surface area contributed by atoms with Crippen molar-refractivity contribution in [3.05, 3.63) is 0 Å². The molecule has 1 heterocycles. The largest absolute Gasteiger partial charge is 0.300 e. The third-order valence-corrected chi connectivity index (χ3v) is 8.65. The molecule has 3 aliphatic carbocycles. The van der Waals surface area contributed by atoms with Crippen molar-refractivity contribution in [3.8, 4) is 0 Å². The molecule has 2 bridgehead atoms. The van der Waals surface area contributed by atoms with E-state index in [9.17, 15) is 0 Å². The molecule has 4 fully saturated rings. The van der Waals surface area contributed by atoms with Crippen LogP contribution in [0, 0.1) is 16.2 Å². The minimum atomic E-state index is 0.381. The summed E-state index contributed by atoms with van der Waals surface area (Å²) in [7, 11) is 0. The van der Waals surface area contributed by atoms with Gasteiger partial charge in [-0.15, -0.1) is 0 Å². The molecule has 0 aromatic rings. The van der Waals surface area contributed by atoms with Crippen LogP contribution < -0.4 is 0 Å². The van der Waals surface area contributed by atoms with Crippen molar-refractivity contribution >= 4 is 0 Å². The molecule has 1 aliphatic heterocycles. The summed E-state index contributed by atoms with van der Waals surface area (Å²) in [6.07, 6.45) is 10.2. The van der Waals surface area contributed by atoms with Crippen molar-refractivity contribution in [2.24, 2.45) is 16.2 Å². The van der Waals surface area contributed by atoms with Crippen LogP contribution in [0.25, 0.3) is 0 Å². The predicted octanol–water partition coefficient (Wildman–Crippen LogP) is 5.18. The first kappa shape index (κ1) is 18.7. The standard InChI is InChI=1S/C22H42N2/c1-7-20(5,6)24-16-14-23(15-17-24)18-21-8-11-22(12-9-21,13-10-21)19(2,3)4/h7-18H2,1-6H3. The van der Waals surface area contributed by atoms with Crippen LogP contribution in [0.3, 0.4) is 0 Å². The maximum absolute atomic E-state index is 2.80. The second-order valence-electron chi connectivity index (χ2n) is 11.0. The Morgan fingerprint density at radius 3 is 1.67 bits per heavy atom. The fourth-order valence-corrected chi connectivity index (χ4v) is 5.83. The Balaban J connectivity index is 1.54. The second kappa shape index (κ2) is 6.27. The average Bonchev–Trinajstić information content (AvgIpc) is 2.56. The van der Waals surface area contributed by atoms with Gasteiger partial charge in [0.2, 0.25) is 0 Å². The van der Waals surface area contributed by atoms with Gasteiger partial charge < -0.3 is 4.90 Å². The summed E-state index contributed by atoms with van der Waals surface area (Å²) >= 11 is 0. The summed E-state index contributed by atoms with van der Waals surface area (Å²) < 4.78 is 0. The molecule has 0 aromatic heterocycles. The number of hydrogen-bond donors (Lipinski definition) is 0. The highest BCUT2D eigenvalue weighted by molar-refractivity contribution is 5.05. The lowest BCUT2D eigenvalue weighted by Crippen LogP contribution is -2.57. The minimum Gasteiger partial charge on any atom is -0.300 e. The lowest BCUT2D eigenvalue weighted by Gasteiger charge is -2.60. The van der Waals surface area contributed by atoms with E-state index in [4.69, 9.17) is 0 Å². The first-order chi connectivity index (χ1) is 11.1. The van der Waals surface area contributed by atoms with Gasteiger partial charge >= 0.3 is 0 Å². The van der Waals surface area contributed by atoms with Crippen molar-refractivity contribution in [1.29, 1.82) is 0 Å². The molecule has 0 aromatic carbocycles. The molecule has 2 heteroatoms. The number of fused-ring (bicyclic) bond motifs is 3. The molecule has 24 heavy (non-hydrogen) atoms. The van der Waals surface area contributed by atoms with Crippen LogP contribution in [0.1, 0.15) is 86.5 Å². The molecule has 0 atom stereocenters. The molecule has 0 unspecified atom stereocenters. The third kappa shape index (κ3) is 3.30. The summed E-state index contributed by atoms with van der Waals surface area (Å²) in [5.41, 5.74) is 2.19. The Kier molecular flexibility index (Phi) is 4.88. The highest BCUT2D eigenvalue weighted by Crippen LogP contribution is 2.63. The SMILES string of the molecule is CCC(C)(C)N1CCN(CC23CCC(C(C)(C)C)(CC2)CC3)CC1. The average molecular weight is 335 g/mol. The Morgan fingerprint density at radius 1 is 0.750 bits per heavy atom. The summed E-state index contributed by atoms with van der Waals surface area (Å²) in [6.45, 7) is 21.1. The van der Waals surface area contributed by atoms with E-state index >= 15 is 0 Å². The van der Waals surface area contributed by atoms with Crippen LogP contribution in [0.4, 0.5) is 0 Å². The van der Waals surface area contributed by atoms with Crippen LogP contribution in [0.5, 0.6) is 0 Å². The lowest BCUT2D eigenvalue weighted by molar-refractivity contribution is -0.0918. The van der Waals surface area contributed by atoms with Crippen molar-refractivity contribution in [2.75, 3.05) is 32.7 Å². The molecule has 0 amide bonds. The van der Waals surface area contributed by atoms with Crippen LogP contribution in [0.2, 0.25) is 0 Å². The molecule has 0 radical (unpaired) electrons. The van der Waals surface area contributed by atoms with Crippen LogP contribution in [-0.2, 0) is 0 Å². The topological polar surface area (TPSA) is 6.48 Å². The third-order valence-electron chi connectivity index (χ3n) is 8.65. The monoisotopic (exact) mass is 334 g/mol. The smallest absolute Gasteiger partial charge is 0.0151 e. The molecule has 4 aliphatic rings. The number of rotatable bonds is 4. The number of nitrogens with zero attached hydrogens (tertiary/aromatic N) is 2. The van der Waals surface area contributed by atoms with Crippen LogP contribution in [0.15, 0.2) is 0 Å². The summed E-state index contributed by atoms with van der Waals surface area (Å²) in [4.78, 5) is 5.52. The number of hydrogen-bond acceptors (Lipinski definition) is 2. The van der Waals surface area contributed by atoms with Gasteiger partial charge in [0.25, 0.3) is 0 Å². The molecule has 4 rings (SSSR count). The molecule has 3 saturated carbocycles. The zero-order chi connectivity index (χ0) is 17.6. The van der Waals surface area contributed by atoms with Gasteiger partial charge in [-0.2, -0.15) is 0 Å². The summed E-state index contributed by atoms with van der Waals surface area (Å²) in [5, 5.41) is 0. The van der Waals surface area contributed by atoms with Crippen LogP contribution in [-0.4, -0.2) is 48.1 Å². The Hall–Kier alpha value is -0.0800. The van der Waals surface area contributed by atoms with E-state index in [1.165, 1.54) is 77.7 Å². The first-order valence-corrected chi connectivity index (χ1v) is 10.6. The fourth-order valence-electron chi connectivity index (χ4n) is 5.83. The van der Waals surface area contributed by atoms with Gasteiger partial charge in [0, 0.05) is 38.3 Å². The van der Waals surface area contributed by atoms with E-state index in [0.717, 1.165) is 0 Å². The Morgan fingerprint density at radius 2 is 1.25 bits per heavy atom. The van der Waals surface area contributed by atoms with Crippen molar-refractivity contribution < 1.29 is 0 Å². The predicted molar refractivity (Wildman–Crippen MR) is 104 cm³/mol. The van der Waals surface area contributed by atoms with E-state index < -0.39 is 0 Å². The molecular formula is C22H42N2. The van der Waals surface area contributed by atoms with Gasteiger partial charge in [-0.25, -0.2) is 0 Å². The minimum absolute atomic E-state index is 0.381. The summed E-state index contributed by atoms with van der Waals surface area (Å²) in [5.74, 6) is 0.